The van der Waals surface area contributed by atoms with Crippen molar-refractivity contribution in [3.63, 3.8) is 0 Å². The van der Waals surface area contributed by atoms with Gasteiger partial charge in [0, 0.05) is 26.2 Å². The maximum absolute atomic E-state index is 10.9. The molecule has 0 atom stereocenters. The Hall–Kier alpha value is -2.84. The first-order chi connectivity index (χ1) is 12.0. The average Bonchev–Trinajstić information content (AvgIpc) is 2.59. The van der Waals surface area contributed by atoms with Crippen LogP contribution < -0.4 is 5.32 Å². The Bertz CT molecular complexity index is 751. The molecule has 0 amide bonds. The normalized spacial score (nSPS) is 10.8. The highest BCUT2D eigenvalue weighted by Crippen LogP contribution is 2.03. The molecule has 0 bridgehead atoms. The van der Waals surface area contributed by atoms with Crippen LogP contribution in [0.15, 0.2) is 36.4 Å². The largest absolute Gasteiger partial charge is 0.477 e. The average molecular weight is 344 g/mol. The van der Waals surface area contributed by atoms with Gasteiger partial charge in [0.15, 0.2) is 0 Å². The summed E-state index contributed by atoms with van der Waals surface area (Å²) in [5.41, 5.74) is 1.42. The van der Waals surface area contributed by atoms with Gasteiger partial charge in [-0.15, -0.1) is 0 Å². The summed E-state index contributed by atoms with van der Waals surface area (Å²) in [5.74, 6) is -2.08. The highest BCUT2D eigenvalue weighted by atomic mass is 16.4. The van der Waals surface area contributed by atoms with Crippen LogP contribution in [0.3, 0.4) is 0 Å². The fourth-order valence-electron chi connectivity index (χ4n) is 2.23. The molecule has 0 aliphatic heterocycles. The van der Waals surface area contributed by atoms with Crippen molar-refractivity contribution in [2.24, 2.45) is 0 Å². The van der Waals surface area contributed by atoms with Crippen LogP contribution in [0.25, 0.3) is 0 Å². The number of hydrogen-bond donors (Lipinski definition) is 3. The Morgan fingerprint density at radius 2 is 1.56 bits per heavy atom. The molecule has 2 heterocycles. The summed E-state index contributed by atoms with van der Waals surface area (Å²) in [6.07, 6.45) is 0. The van der Waals surface area contributed by atoms with E-state index in [1.54, 1.807) is 24.3 Å². The zero-order valence-electron chi connectivity index (χ0n) is 13.8. The summed E-state index contributed by atoms with van der Waals surface area (Å²) in [6.45, 7) is 2.41. The Balaban J connectivity index is 1.76. The lowest BCUT2D eigenvalue weighted by molar-refractivity contribution is 0.0679. The molecule has 8 heteroatoms. The summed E-state index contributed by atoms with van der Waals surface area (Å²) < 4.78 is 0. The molecule has 0 radical (unpaired) electrons. The van der Waals surface area contributed by atoms with Crippen LogP contribution in [0, 0.1) is 0 Å². The Morgan fingerprint density at radius 1 is 1.00 bits per heavy atom. The molecule has 0 saturated heterocycles. The molecular weight excluding hydrogens is 324 g/mol. The second-order valence-electron chi connectivity index (χ2n) is 5.55. The SMILES string of the molecule is CN(CCNCc1cccc(C(=O)O)n1)Cc1cccc(C(=O)O)n1. The van der Waals surface area contributed by atoms with Crippen molar-refractivity contribution in [1.82, 2.24) is 20.2 Å². The third kappa shape index (κ3) is 5.94. The number of nitrogens with one attached hydrogen (secondary N) is 1. The first kappa shape index (κ1) is 18.5. The Labute approximate surface area is 145 Å². The van der Waals surface area contributed by atoms with Gasteiger partial charge in [-0.3, -0.25) is 4.90 Å². The molecule has 0 fully saturated rings. The van der Waals surface area contributed by atoms with Gasteiger partial charge in [-0.05, 0) is 31.3 Å². The van der Waals surface area contributed by atoms with E-state index in [0.29, 0.717) is 31.0 Å². The molecule has 0 spiro atoms. The van der Waals surface area contributed by atoms with Crippen LogP contribution in [0.2, 0.25) is 0 Å². The summed E-state index contributed by atoms with van der Waals surface area (Å²) >= 11 is 0. The quantitative estimate of drug-likeness (QED) is 0.579. The first-order valence-corrected chi connectivity index (χ1v) is 7.73. The number of nitrogens with zero attached hydrogens (tertiary/aromatic N) is 3. The van der Waals surface area contributed by atoms with Crippen LogP contribution in [-0.2, 0) is 13.1 Å². The fraction of sp³-hybridized carbons (Fsp3) is 0.294. The van der Waals surface area contributed by atoms with Gasteiger partial charge >= 0.3 is 11.9 Å². The van der Waals surface area contributed by atoms with E-state index >= 15 is 0 Å². The molecule has 2 aromatic heterocycles. The Kier molecular flexibility index (Phi) is 6.55. The van der Waals surface area contributed by atoms with E-state index in [-0.39, 0.29) is 11.4 Å². The smallest absolute Gasteiger partial charge is 0.354 e. The maximum Gasteiger partial charge on any atom is 0.354 e. The van der Waals surface area contributed by atoms with E-state index in [9.17, 15) is 9.59 Å². The standard InChI is InChI=1S/C17H20N4O4/c1-21(11-13-5-3-7-15(20-13)17(24)25)9-8-18-10-12-4-2-6-14(19-12)16(22)23/h2-7,18H,8-11H2,1H3,(H,22,23)(H,24,25). The maximum atomic E-state index is 10.9. The summed E-state index contributed by atoms with van der Waals surface area (Å²) in [6, 6.07) is 9.82. The van der Waals surface area contributed by atoms with E-state index in [1.807, 2.05) is 11.9 Å². The third-order valence-electron chi connectivity index (χ3n) is 3.46. The van der Waals surface area contributed by atoms with Crippen molar-refractivity contribution in [2.45, 2.75) is 13.1 Å². The van der Waals surface area contributed by atoms with Crippen LogP contribution in [-0.4, -0.2) is 57.2 Å². The molecule has 3 N–H and O–H groups in total. The number of aromatic carboxylic acids is 2. The van der Waals surface area contributed by atoms with Gasteiger partial charge in [-0.1, -0.05) is 12.1 Å². The monoisotopic (exact) mass is 344 g/mol. The van der Waals surface area contributed by atoms with Crippen LogP contribution in [0.1, 0.15) is 32.4 Å². The highest BCUT2D eigenvalue weighted by Gasteiger charge is 2.07. The van der Waals surface area contributed by atoms with Gasteiger partial charge in [0.05, 0.1) is 11.4 Å². The van der Waals surface area contributed by atoms with Crippen LogP contribution >= 0.6 is 0 Å². The predicted octanol–water partition coefficient (Wildman–Crippen LogP) is 1.09. The van der Waals surface area contributed by atoms with Crippen LogP contribution in [0.5, 0.6) is 0 Å². The topological polar surface area (TPSA) is 116 Å². The van der Waals surface area contributed by atoms with Crippen molar-refractivity contribution in [3.05, 3.63) is 59.2 Å². The number of likely N-dealkylation sites (N-methyl/N-ethyl adjacent to an activating group) is 1. The molecule has 2 aromatic rings. The van der Waals surface area contributed by atoms with Gasteiger partial charge in [-0.2, -0.15) is 0 Å². The minimum Gasteiger partial charge on any atom is -0.477 e. The predicted molar refractivity (Wildman–Crippen MR) is 90.4 cm³/mol. The van der Waals surface area contributed by atoms with Gasteiger partial charge in [-0.25, -0.2) is 19.6 Å². The minimum atomic E-state index is -1.04. The van der Waals surface area contributed by atoms with E-state index in [4.69, 9.17) is 10.2 Å². The van der Waals surface area contributed by atoms with E-state index < -0.39 is 11.9 Å². The lowest BCUT2D eigenvalue weighted by Gasteiger charge is -2.16. The number of hydrogen-bond acceptors (Lipinski definition) is 6. The molecule has 0 saturated carbocycles. The number of aromatic nitrogens is 2. The van der Waals surface area contributed by atoms with Gasteiger partial charge < -0.3 is 15.5 Å². The van der Waals surface area contributed by atoms with Gasteiger partial charge in [0.25, 0.3) is 0 Å². The summed E-state index contributed by atoms with van der Waals surface area (Å²) in [4.78, 5) is 31.9. The Morgan fingerprint density at radius 3 is 2.16 bits per heavy atom. The fourth-order valence-corrected chi connectivity index (χ4v) is 2.23. The van der Waals surface area contributed by atoms with Gasteiger partial charge in [0.2, 0.25) is 0 Å². The number of pyridine rings is 2. The minimum absolute atomic E-state index is 0.0285. The molecule has 0 aliphatic carbocycles. The molecule has 0 unspecified atom stereocenters. The second-order valence-corrected chi connectivity index (χ2v) is 5.55. The zero-order valence-corrected chi connectivity index (χ0v) is 13.8. The molecule has 0 aliphatic rings. The molecule has 25 heavy (non-hydrogen) atoms. The molecule has 132 valence electrons. The van der Waals surface area contributed by atoms with Gasteiger partial charge in [0.1, 0.15) is 11.4 Å². The van der Waals surface area contributed by atoms with E-state index in [0.717, 1.165) is 6.54 Å². The second kappa shape index (κ2) is 8.86. The number of carboxylic acid groups (broad SMARTS) is 2. The third-order valence-corrected chi connectivity index (χ3v) is 3.46. The van der Waals surface area contributed by atoms with Crippen molar-refractivity contribution < 1.29 is 19.8 Å². The van der Waals surface area contributed by atoms with Crippen LogP contribution in [0.4, 0.5) is 0 Å². The zero-order chi connectivity index (χ0) is 18.2. The molecule has 0 aromatic carbocycles. The first-order valence-electron chi connectivity index (χ1n) is 7.73. The van der Waals surface area contributed by atoms with Crippen molar-refractivity contribution in [2.75, 3.05) is 20.1 Å². The van der Waals surface area contributed by atoms with Crippen molar-refractivity contribution >= 4 is 11.9 Å². The highest BCUT2D eigenvalue weighted by molar-refractivity contribution is 5.85. The van der Waals surface area contributed by atoms with E-state index in [1.165, 1.54) is 12.1 Å². The lowest BCUT2D eigenvalue weighted by atomic mass is 10.3. The number of rotatable bonds is 9. The summed E-state index contributed by atoms with van der Waals surface area (Å²) in [5, 5.41) is 21.1. The lowest BCUT2D eigenvalue weighted by Crippen LogP contribution is -2.29. The van der Waals surface area contributed by atoms with E-state index in [2.05, 4.69) is 15.3 Å². The molecule has 8 nitrogen and oxygen atoms in total. The molecule has 2 rings (SSSR count). The summed E-state index contributed by atoms with van der Waals surface area (Å²) in [7, 11) is 1.92. The van der Waals surface area contributed by atoms with Crippen molar-refractivity contribution in [1.29, 1.82) is 0 Å². The number of carboxylic acids is 2. The van der Waals surface area contributed by atoms with Crippen molar-refractivity contribution in [3.8, 4) is 0 Å². The number of carbonyl (C=O) groups is 2. The molecular formula is C17H20N4O4.